The van der Waals surface area contributed by atoms with Crippen molar-refractivity contribution in [2.75, 3.05) is 6.54 Å². The Morgan fingerprint density at radius 1 is 1.47 bits per heavy atom. The average molecular weight is 247 g/mol. The van der Waals surface area contributed by atoms with Gasteiger partial charge >= 0.3 is 0 Å². The highest BCUT2D eigenvalue weighted by Gasteiger charge is 2.24. The lowest BCUT2D eigenvalue weighted by Crippen LogP contribution is -2.15. The van der Waals surface area contributed by atoms with Crippen molar-refractivity contribution in [3.63, 3.8) is 0 Å². The molecule has 1 fully saturated rings. The zero-order valence-electron chi connectivity index (χ0n) is 9.49. The summed E-state index contributed by atoms with van der Waals surface area (Å²) in [6.45, 7) is 2.71. The van der Waals surface area contributed by atoms with Crippen molar-refractivity contribution < 1.29 is 4.79 Å². The Hall–Kier alpha value is -1.62. The molecule has 2 aromatic rings. The molecule has 1 atom stereocenters. The van der Waals surface area contributed by atoms with E-state index >= 15 is 0 Å². The molecule has 2 N–H and O–H groups in total. The van der Waals surface area contributed by atoms with Crippen molar-refractivity contribution in [1.82, 2.24) is 14.9 Å². The van der Waals surface area contributed by atoms with Crippen LogP contribution in [0.15, 0.2) is 18.2 Å². The van der Waals surface area contributed by atoms with E-state index in [1.54, 1.807) is 0 Å². The largest absolute Gasteiger partial charge is 0.354 e. The van der Waals surface area contributed by atoms with Gasteiger partial charge in [-0.3, -0.25) is 4.79 Å². The Morgan fingerprint density at radius 3 is 3.00 bits per heavy atom. The molecule has 1 amide bonds. The molecule has 0 radical (unpaired) electrons. The molecule has 0 bridgehead atoms. The summed E-state index contributed by atoms with van der Waals surface area (Å²) < 4.78 is 2.74. The van der Waals surface area contributed by atoms with Gasteiger partial charge in [0.05, 0.1) is 17.1 Å². The van der Waals surface area contributed by atoms with E-state index in [0.29, 0.717) is 17.7 Å². The third-order valence-corrected chi connectivity index (χ3v) is 3.49. The molecule has 1 aliphatic rings. The Morgan fingerprint density at radius 2 is 2.29 bits per heavy atom. The summed E-state index contributed by atoms with van der Waals surface area (Å²) in [5, 5.41) is 2.84. The monoisotopic (exact) mass is 247 g/mol. The van der Waals surface area contributed by atoms with Crippen LogP contribution in [0.2, 0.25) is 0 Å². The van der Waals surface area contributed by atoms with Gasteiger partial charge in [-0.15, -0.1) is 0 Å². The molecular formula is C12H13N3OS. The predicted molar refractivity (Wildman–Crippen MR) is 68.5 cm³/mol. The van der Waals surface area contributed by atoms with E-state index in [0.717, 1.165) is 11.0 Å². The van der Waals surface area contributed by atoms with Gasteiger partial charge in [-0.2, -0.15) is 0 Å². The third-order valence-electron chi connectivity index (χ3n) is 3.19. The van der Waals surface area contributed by atoms with Crippen LogP contribution in [0.3, 0.4) is 0 Å². The second-order valence-electron chi connectivity index (χ2n) is 4.48. The Balaban J connectivity index is 2.21. The van der Waals surface area contributed by atoms with Crippen LogP contribution in [0.4, 0.5) is 0 Å². The summed E-state index contributed by atoms with van der Waals surface area (Å²) >= 11 is 5.34. The molecule has 17 heavy (non-hydrogen) atoms. The number of H-pyrrole nitrogens is 1. The number of hydrogen-bond acceptors (Lipinski definition) is 2. The topological polar surface area (TPSA) is 49.8 Å². The normalized spacial score (nSPS) is 19.8. The highest BCUT2D eigenvalue weighted by molar-refractivity contribution is 7.71. The minimum Gasteiger partial charge on any atom is -0.354 e. The first-order valence-electron chi connectivity index (χ1n) is 5.63. The number of nitrogens with one attached hydrogen (secondary N) is 2. The molecule has 4 nitrogen and oxygen atoms in total. The van der Waals surface area contributed by atoms with Gasteiger partial charge < -0.3 is 14.9 Å². The number of nitrogens with zero attached hydrogens (tertiary/aromatic N) is 1. The zero-order valence-corrected chi connectivity index (χ0v) is 10.3. The summed E-state index contributed by atoms with van der Waals surface area (Å²) in [6, 6.07) is 6.31. The summed E-state index contributed by atoms with van der Waals surface area (Å²) in [7, 11) is 0. The second-order valence-corrected chi connectivity index (χ2v) is 4.87. The molecule has 1 aliphatic heterocycles. The molecule has 2 heterocycles. The molecule has 88 valence electrons. The van der Waals surface area contributed by atoms with Gasteiger partial charge in [-0.1, -0.05) is 6.07 Å². The van der Waals surface area contributed by atoms with Crippen LogP contribution < -0.4 is 5.32 Å². The number of aryl methyl sites for hydroxylation is 1. The van der Waals surface area contributed by atoms with E-state index in [2.05, 4.69) is 33.9 Å². The van der Waals surface area contributed by atoms with Crippen molar-refractivity contribution in [2.45, 2.75) is 19.4 Å². The third kappa shape index (κ3) is 1.67. The number of carbonyl (C=O) groups is 1. The van der Waals surface area contributed by atoms with Crippen LogP contribution in [0.25, 0.3) is 11.0 Å². The SMILES string of the molecule is Cc1ccc2[nH]c(=S)n(C3CNC(=O)C3)c2c1. The van der Waals surface area contributed by atoms with Crippen LogP contribution in [0, 0.1) is 11.7 Å². The molecule has 0 spiro atoms. The van der Waals surface area contributed by atoms with Gasteiger partial charge in [0, 0.05) is 13.0 Å². The first-order chi connectivity index (χ1) is 8.15. The van der Waals surface area contributed by atoms with Crippen molar-refractivity contribution in [2.24, 2.45) is 0 Å². The van der Waals surface area contributed by atoms with Crippen LogP contribution in [0.1, 0.15) is 18.0 Å². The van der Waals surface area contributed by atoms with Crippen molar-refractivity contribution in [3.05, 3.63) is 28.5 Å². The summed E-state index contributed by atoms with van der Waals surface area (Å²) in [5.41, 5.74) is 3.30. The Bertz CT molecular complexity index is 655. The number of fused-ring (bicyclic) bond motifs is 1. The fraction of sp³-hybridized carbons (Fsp3) is 0.333. The van der Waals surface area contributed by atoms with Gasteiger partial charge in [0.2, 0.25) is 5.91 Å². The fourth-order valence-electron chi connectivity index (χ4n) is 2.37. The number of aromatic amines is 1. The van der Waals surface area contributed by atoms with E-state index in [1.807, 2.05) is 6.07 Å². The number of benzene rings is 1. The molecular weight excluding hydrogens is 234 g/mol. The molecule has 1 aromatic heterocycles. The number of amides is 1. The maximum atomic E-state index is 11.3. The molecule has 0 aliphatic carbocycles. The van der Waals surface area contributed by atoms with E-state index in [-0.39, 0.29) is 11.9 Å². The smallest absolute Gasteiger partial charge is 0.222 e. The Kier molecular flexibility index (Phi) is 2.29. The number of rotatable bonds is 1. The standard InChI is InChI=1S/C12H13N3OS/c1-7-2-3-9-10(4-7)15(12(17)14-9)8-5-11(16)13-6-8/h2-4,8H,5-6H2,1H3,(H,13,16)(H,14,17). The van der Waals surface area contributed by atoms with E-state index in [4.69, 9.17) is 12.2 Å². The quantitative estimate of drug-likeness (QED) is 0.758. The predicted octanol–water partition coefficient (Wildman–Crippen LogP) is 2.07. The highest BCUT2D eigenvalue weighted by Crippen LogP contribution is 2.24. The van der Waals surface area contributed by atoms with Gasteiger partial charge in [0.15, 0.2) is 4.77 Å². The number of hydrogen-bond donors (Lipinski definition) is 2. The molecule has 1 aromatic carbocycles. The van der Waals surface area contributed by atoms with Gasteiger partial charge in [-0.25, -0.2) is 0 Å². The van der Waals surface area contributed by atoms with Gasteiger partial charge in [0.25, 0.3) is 0 Å². The molecule has 5 heteroatoms. The maximum Gasteiger partial charge on any atom is 0.222 e. The average Bonchev–Trinajstić information content (AvgIpc) is 2.81. The number of carbonyl (C=O) groups excluding carboxylic acids is 1. The second kappa shape index (κ2) is 3.70. The highest BCUT2D eigenvalue weighted by atomic mass is 32.1. The fourth-order valence-corrected chi connectivity index (χ4v) is 2.72. The number of imidazole rings is 1. The van der Waals surface area contributed by atoms with E-state index < -0.39 is 0 Å². The number of aromatic nitrogens is 2. The first kappa shape index (κ1) is 10.5. The minimum absolute atomic E-state index is 0.0962. The Labute approximate surface area is 104 Å². The van der Waals surface area contributed by atoms with Crippen LogP contribution >= 0.6 is 12.2 Å². The summed E-state index contributed by atoms with van der Waals surface area (Å²) in [6.07, 6.45) is 0.509. The lowest BCUT2D eigenvalue weighted by atomic mass is 10.2. The van der Waals surface area contributed by atoms with Crippen molar-refractivity contribution in [3.8, 4) is 0 Å². The molecule has 0 saturated carbocycles. The minimum atomic E-state index is 0.0962. The van der Waals surface area contributed by atoms with Crippen LogP contribution in [-0.2, 0) is 4.79 Å². The summed E-state index contributed by atoms with van der Waals surface area (Å²) in [4.78, 5) is 14.5. The maximum absolute atomic E-state index is 11.3. The van der Waals surface area contributed by atoms with E-state index in [9.17, 15) is 4.79 Å². The van der Waals surface area contributed by atoms with Gasteiger partial charge in [-0.05, 0) is 36.8 Å². The molecule has 1 unspecified atom stereocenters. The van der Waals surface area contributed by atoms with Crippen molar-refractivity contribution in [1.29, 1.82) is 0 Å². The molecule has 1 saturated heterocycles. The van der Waals surface area contributed by atoms with Crippen LogP contribution in [0.5, 0.6) is 0 Å². The van der Waals surface area contributed by atoms with E-state index in [1.165, 1.54) is 5.56 Å². The van der Waals surface area contributed by atoms with Gasteiger partial charge in [0.1, 0.15) is 0 Å². The van der Waals surface area contributed by atoms with Crippen LogP contribution in [-0.4, -0.2) is 22.0 Å². The molecule has 3 rings (SSSR count). The zero-order chi connectivity index (χ0) is 12.0. The first-order valence-corrected chi connectivity index (χ1v) is 6.03. The van der Waals surface area contributed by atoms with Crippen molar-refractivity contribution >= 4 is 29.2 Å². The summed E-state index contributed by atoms with van der Waals surface area (Å²) in [5.74, 6) is 0.0962. The lowest BCUT2D eigenvalue weighted by molar-refractivity contribution is -0.119. The lowest BCUT2D eigenvalue weighted by Gasteiger charge is -2.10.